The van der Waals surface area contributed by atoms with Gasteiger partial charge in [-0.3, -0.25) is 9.59 Å². The van der Waals surface area contributed by atoms with Crippen LogP contribution in [-0.4, -0.2) is 62.1 Å². The molecule has 212 valence electrons. The summed E-state index contributed by atoms with van der Waals surface area (Å²) in [5, 5.41) is 27.3. The largest absolute Gasteiger partial charge is 0.493 e. The molecule has 0 saturated carbocycles. The first-order valence-electron chi connectivity index (χ1n) is 13.2. The Hall–Kier alpha value is -4.08. The van der Waals surface area contributed by atoms with E-state index in [0.29, 0.717) is 30.1 Å². The third kappa shape index (κ3) is 6.73. The SMILES string of the molecule is COc1cc(C(=O)NC[C@@H](O)C[C@@H](Cc2ccccc2)C(=O)N[C@H]2c3ccccc3C[C@H]2O)cc(OC)c1OC. The molecule has 9 nitrogen and oxygen atoms in total. The quantitative estimate of drug-likeness (QED) is 0.274. The summed E-state index contributed by atoms with van der Waals surface area (Å²) in [7, 11) is 4.40. The lowest BCUT2D eigenvalue weighted by Crippen LogP contribution is -2.41. The van der Waals surface area contributed by atoms with Gasteiger partial charge in [-0.25, -0.2) is 0 Å². The van der Waals surface area contributed by atoms with Crippen LogP contribution in [0.5, 0.6) is 17.2 Å². The molecule has 40 heavy (non-hydrogen) atoms. The number of carbonyl (C=O) groups is 2. The summed E-state index contributed by atoms with van der Waals surface area (Å²) < 4.78 is 15.9. The van der Waals surface area contributed by atoms with Gasteiger partial charge >= 0.3 is 0 Å². The third-order valence-electron chi connectivity index (χ3n) is 7.18. The number of amides is 2. The summed E-state index contributed by atoms with van der Waals surface area (Å²) in [5.41, 5.74) is 3.13. The molecule has 0 fully saturated rings. The average molecular weight is 549 g/mol. The zero-order chi connectivity index (χ0) is 28.6. The predicted molar refractivity (Wildman–Crippen MR) is 150 cm³/mol. The van der Waals surface area contributed by atoms with Crippen LogP contribution in [0.3, 0.4) is 0 Å². The van der Waals surface area contributed by atoms with Crippen molar-refractivity contribution >= 4 is 11.8 Å². The molecule has 0 bridgehead atoms. The van der Waals surface area contributed by atoms with Gasteiger partial charge in [-0.15, -0.1) is 0 Å². The molecular formula is C31H36N2O7. The monoisotopic (exact) mass is 548 g/mol. The molecule has 9 heteroatoms. The number of nitrogens with one attached hydrogen (secondary N) is 2. The Morgan fingerprint density at radius 2 is 1.60 bits per heavy atom. The first-order valence-corrected chi connectivity index (χ1v) is 13.2. The van der Waals surface area contributed by atoms with Gasteiger partial charge in [0.2, 0.25) is 11.7 Å². The van der Waals surface area contributed by atoms with Crippen molar-refractivity contribution in [1.29, 1.82) is 0 Å². The van der Waals surface area contributed by atoms with Gasteiger partial charge in [0.15, 0.2) is 11.5 Å². The maximum Gasteiger partial charge on any atom is 0.251 e. The molecule has 0 aliphatic heterocycles. The van der Waals surface area contributed by atoms with Crippen molar-refractivity contribution in [3.05, 3.63) is 89.0 Å². The van der Waals surface area contributed by atoms with E-state index in [-0.39, 0.29) is 24.4 Å². The summed E-state index contributed by atoms with van der Waals surface area (Å²) >= 11 is 0. The minimum absolute atomic E-state index is 0.0665. The summed E-state index contributed by atoms with van der Waals surface area (Å²) in [4.78, 5) is 26.4. The first-order chi connectivity index (χ1) is 19.3. The maximum atomic E-state index is 13.5. The standard InChI is InChI=1S/C31H36N2O7/c1-38-26-16-22(17-27(39-2)29(26)40-3)30(36)32-18-23(34)14-21(13-19-9-5-4-6-10-19)31(37)33-28-24-12-8-7-11-20(24)15-25(28)35/h4-12,16-17,21,23,25,28,34-35H,13-15,18H2,1-3H3,(H,32,36)(H,33,37)/t21-,23+,25-,28+/m1/s1. The lowest BCUT2D eigenvalue weighted by Gasteiger charge is -2.24. The second kappa shape index (κ2) is 13.3. The number of benzene rings is 3. The van der Waals surface area contributed by atoms with Crippen LogP contribution >= 0.6 is 0 Å². The second-order valence-electron chi connectivity index (χ2n) is 9.86. The second-order valence-corrected chi connectivity index (χ2v) is 9.86. The van der Waals surface area contributed by atoms with E-state index in [4.69, 9.17) is 14.2 Å². The summed E-state index contributed by atoms with van der Waals surface area (Å²) in [6, 6.07) is 19.8. The van der Waals surface area contributed by atoms with E-state index < -0.39 is 30.1 Å². The van der Waals surface area contributed by atoms with E-state index in [9.17, 15) is 19.8 Å². The smallest absolute Gasteiger partial charge is 0.251 e. The number of aliphatic hydroxyl groups excluding tert-OH is 2. The predicted octanol–water partition coefficient (Wildman–Crippen LogP) is 2.83. The van der Waals surface area contributed by atoms with Crippen molar-refractivity contribution in [3.63, 3.8) is 0 Å². The van der Waals surface area contributed by atoms with E-state index in [2.05, 4.69) is 10.6 Å². The topological polar surface area (TPSA) is 126 Å². The third-order valence-corrected chi connectivity index (χ3v) is 7.18. The van der Waals surface area contributed by atoms with Crippen molar-refractivity contribution in [2.75, 3.05) is 27.9 Å². The van der Waals surface area contributed by atoms with Crippen molar-refractivity contribution in [1.82, 2.24) is 10.6 Å². The Morgan fingerprint density at radius 1 is 0.950 bits per heavy atom. The molecule has 0 aromatic heterocycles. The van der Waals surface area contributed by atoms with Crippen LogP contribution in [0.25, 0.3) is 0 Å². The highest BCUT2D eigenvalue weighted by molar-refractivity contribution is 5.95. The summed E-state index contributed by atoms with van der Waals surface area (Å²) in [6.45, 7) is -0.0665. The minimum atomic E-state index is -0.994. The van der Waals surface area contributed by atoms with Crippen LogP contribution in [0.1, 0.15) is 39.5 Å². The molecule has 0 unspecified atom stereocenters. The molecule has 0 radical (unpaired) electrons. The van der Waals surface area contributed by atoms with Crippen LogP contribution in [0, 0.1) is 5.92 Å². The van der Waals surface area contributed by atoms with Gasteiger partial charge < -0.3 is 35.1 Å². The van der Waals surface area contributed by atoms with Crippen LogP contribution in [0.15, 0.2) is 66.7 Å². The fourth-order valence-electron chi connectivity index (χ4n) is 5.14. The molecule has 3 aromatic carbocycles. The fraction of sp³-hybridized carbons (Fsp3) is 0.355. The van der Waals surface area contributed by atoms with Gasteiger partial charge in [0.1, 0.15) is 0 Å². The number of fused-ring (bicyclic) bond motifs is 1. The number of rotatable bonds is 12. The van der Waals surface area contributed by atoms with E-state index >= 15 is 0 Å². The van der Waals surface area contributed by atoms with Crippen LogP contribution in [0.4, 0.5) is 0 Å². The highest BCUT2D eigenvalue weighted by atomic mass is 16.5. The number of ether oxygens (including phenoxy) is 3. The molecule has 4 atom stereocenters. The summed E-state index contributed by atoms with van der Waals surface area (Å²) in [5.74, 6) is -0.250. The van der Waals surface area contributed by atoms with Gasteiger partial charge in [0, 0.05) is 24.4 Å². The molecule has 4 N–H and O–H groups in total. The van der Waals surface area contributed by atoms with Gasteiger partial charge in [0.25, 0.3) is 5.91 Å². The van der Waals surface area contributed by atoms with E-state index in [1.54, 1.807) is 0 Å². The molecule has 4 rings (SSSR count). The van der Waals surface area contributed by atoms with E-state index in [1.807, 2.05) is 54.6 Å². The van der Waals surface area contributed by atoms with Crippen molar-refractivity contribution in [2.45, 2.75) is 37.5 Å². The Kier molecular flexibility index (Phi) is 9.63. The normalized spacial score (nSPS) is 17.3. The Balaban J connectivity index is 1.44. The van der Waals surface area contributed by atoms with Crippen molar-refractivity contribution < 1.29 is 34.0 Å². The minimum Gasteiger partial charge on any atom is -0.493 e. The van der Waals surface area contributed by atoms with E-state index in [0.717, 1.165) is 16.7 Å². The highest BCUT2D eigenvalue weighted by Crippen LogP contribution is 2.38. The van der Waals surface area contributed by atoms with Crippen LogP contribution < -0.4 is 24.8 Å². The number of carbonyl (C=O) groups excluding carboxylic acids is 2. The van der Waals surface area contributed by atoms with Gasteiger partial charge in [-0.2, -0.15) is 0 Å². The number of aliphatic hydroxyl groups is 2. The zero-order valence-corrected chi connectivity index (χ0v) is 22.9. The average Bonchev–Trinajstić information content (AvgIpc) is 3.29. The Bertz CT molecular complexity index is 1290. The van der Waals surface area contributed by atoms with E-state index in [1.165, 1.54) is 33.5 Å². The maximum absolute atomic E-state index is 13.5. The fourth-order valence-corrected chi connectivity index (χ4v) is 5.14. The Morgan fingerprint density at radius 3 is 2.25 bits per heavy atom. The highest BCUT2D eigenvalue weighted by Gasteiger charge is 2.34. The molecule has 0 heterocycles. The number of hydrogen-bond acceptors (Lipinski definition) is 7. The lowest BCUT2D eigenvalue weighted by atomic mass is 9.92. The van der Waals surface area contributed by atoms with Crippen LogP contribution in [0.2, 0.25) is 0 Å². The first kappa shape index (κ1) is 28.9. The molecule has 2 amide bonds. The number of hydrogen-bond donors (Lipinski definition) is 4. The van der Waals surface area contributed by atoms with Crippen molar-refractivity contribution in [3.8, 4) is 17.2 Å². The lowest BCUT2D eigenvalue weighted by molar-refractivity contribution is -0.127. The van der Waals surface area contributed by atoms with Crippen molar-refractivity contribution in [2.24, 2.45) is 5.92 Å². The molecular weight excluding hydrogens is 512 g/mol. The molecule has 1 aliphatic rings. The molecule has 0 saturated heterocycles. The molecule has 0 spiro atoms. The molecule has 1 aliphatic carbocycles. The summed E-state index contributed by atoms with van der Waals surface area (Å²) in [6.07, 6.45) is -0.733. The van der Waals surface area contributed by atoms with Gasteiger partial charge in [-0.1, -0.05) is 54.6 Å². The van der Waals surface area contributed by atoms with Gasteiger partial charge in [0.05, 0.1) is 39.6 Å². The zero-order valence-electron chi connectivity index (χ0n) is 22.9. The van der Waals surface area contributed by atoms with Gasteiger partial charge in [-0.05, 0) is 41.7 Å². The van der Waals surface area contributed by atoms with Crippen LogP contribution in [-0.2, 0) is 17.6 Å². The Labute approximate surface area is 234 Å². The number of methoxy groups -OCH3 is 3. The molecule has 3 aromatic rings.